The van der Waals surface area contributed by atoms with Crippen LogP contribution in [-0.2, 0) is 16.1 Å². The van der Waals surface area contributed by atoms with E-state index in [9.17, 15) is 9.59 Å². The first kappa shape index (κ1) is 17.4. The van der Waals surface area contributed by atoms with Crippen molar-refractivity contribution in [3.63, 3.8) is 0 Å². The van der Waals surface area contributed by atoms with E-state index in [1.54, 1.807) is 0 Å². The standard InChI is InChI=1S/C18H22N4O2S/c23-16(11-13-5-1-2-6-13)19-18(25)21-20-17(24)12-22-10-9-14-7-3-4-8-15(14)22/h3-4,7-10,13H,1-2,5-6,11-12H2,(H,20,24)(H2,19,21,23,25). The van der Waals surface area contributed by atoms with Gasteiger partial charge in [0.05, 0.1) is 0 Å². The Morgan fingerprint density at radius 3 is 2.64 bits per heavy atom. The highest BCUT2D eigenvalue weighted by molar-refractivity contribution is 7.80. The van der Waals surface area contributed by atoms with Crippen LogP contribution in [0.3, 0.4) is 0 Å². The first-order chi connectivity index (χ1) is 12.1. The highest BCUT2D eigenvalue weighted by Crippen LogP contribution is 2.27. The second-order valence-corrected chi connectivity index (χ2v) is 6.82. The molecule has 0 radical (unpaired) electrons. The van der Waals surface area contributed by atoms with E-state index < -0.39 is 0 Å². The summed E-state index contributed by atoms with van der Waals surface area (Å²) in [5.41, 5.74) is 6.09. The normalized spacial score (nSPS) is 14.4. The predicted octanol–water partition coefficient (Wildman–Crippen LogP) is 2.24. The number of fused-ring (bicyclic) bond motifs is 1. The molecule has 0 spiro atoms. The molecule has 2 amide bonds. The molecule has 0 bridgehead atoms. The molecule has 1 fully saturated rings. The molecule has 1 aliphatic rings. The molecule has 25 heavy (non-hydrogen) atoms. The van der Waals surface area contributed by atoms with Gasteiger partial charge < -0.3 is 9.88 Å². The fraction of sp³-hybridized carbons (Fsp3) is 0.389. The average molecular weight is 358 g/mol. The van der Waals surface area contributed by atoms with Crippen molar-refractivity contribution in [1.82, 2.24) is 20.7 Å². The summed E-state index contributed by atoms with van der Waals surface area (Å²) in [6.07, 6.45) is 6.97. The highest BCUT2D eigenvalue weighted by atomic mass is 32.1. The summed E-state index contributed by atoms with van der Waals surface area (Å²) >= 11 is 5.05. The van der Waals surface area contributed by atoms with Gasteiger partial charge in [0.2, 0.25) is 5.91 Å². The summed E-state index contributed by atoms with van der Waals surface area (Å²) in [5.74, 6) is 0.114. The third-order valence-electron chi connectivity index (χ3n) is 4.51. The van der Waals surface area contributed by atoms with E-state index in [2.05, 4.69) is 16.2 Å². The Morgan fingerprint density at radius 2 is 1.84 bits per heavy atom. The van der Waals surface area contributed by atoms with Gasteiger partial charge in [-0.15, -0.1) is 0 Å². The van der Waals surface area contributed by atoms with E-state index in [-0.39, 0.29) is 23.5 Å². The molecule has 2 aromatic rings. The van der Waals surface area contributed by atoms with Gasteiger partial charge in [0.25, 0.3) is 5.91 Å². The van der Waals surface area contributed by atoms with Crippen LogP contribution >= 0.6 is 12.2 Å². The lowest BCUT2D eigenvalue weighted by Crippen LogP contribution is -2.49. The lowest BCUT2D eigenvalue weighted by atomic mass is 10.0. The van der Waals surface area contributed by atoms with Gasteiger partial charge in [0.1, 0.15) is 6.54 Å². The number of thiocarbonyl (C=S) groups is 1. The number of carbonyl (C=O) groups excluding carboxylic acids is 2. The van der Waals surface area contributed by atoms with E-state index in [4.69, 9.17) is 12.2 Å². The van der Waals surface area contributed by atoms with Crippen LogP contribution in [0.15, 0.2) is 36.5 Å². The van der Waals surface area contributed by atoms with E-state index in [0.29, 0.717) is 12.3 Å². The van der Waals surface area contributed by atoms with Crippen LogP contribution in [0.25, 0.3) is 10.9 Å². The molecule has 1 heterocycles. The molecule has 0 unspecified atom stereocenters. The van der Waals surface area contributed by atoms with Crippen LogP contribution in [0.1, 0.15) is 32.1 Å². The third-order valence-corrected chi connectivity index (χ3v) is 4.72. The summed E-state index contributed by atoms with van der Waals surface area (Å²) in [5, 5.41) is 3.81. The molecule has 1 aromatic carbocycles. The number of rotatable bonds is 4. The molecule has 3 N–H and O–H groups in total. The van der Waals surface area contributed by atoms with Crippen LogP contribution < -0.4 is 16.2 Å². The number of hydrogen-bond donors (Lipinski definition) is 3. The number of benzene rings is 1. The van der Waals surface area contributed by atoms with Crippen molar-refractivity contribution in [2.24, 2.45) is 5.92 Å². The SMILES string of the molecule is O=C(Cn1ccc2ccccc21)NNC(=S)NC(=O)CC1CCCC1. The number of amides is 2. The van der Waals surface area contributed by atoms with Crippen molar-refractivity contribution in [1.29, 1.82) is 0 Å². The minimum Gasteiger partial charge on any atom is -0.338 e. The zero-order valence-corrected chi connectivity index (χ0v) is 14.8. The largest absolute Gasteiger partial charge is 0.338 e. The molecule has 0 aliphatic heterocycles. The number of para-hydroxylation sites is 1. The van der Waals surface area contributed by atoms with Gasteiger partial charge in [-0.25, -0.2) is 0 Å². The summed E-state index contributed by atoms with van der Waals surface area (Å²) in [7, 11) is 0. The quantitative estimate of drug-likeness (QED) is 0.579. The second-order valence-electron chi connectivity index (χ2n) is 6.41. The van der Waals surface area contributed by atoms with Gasteiger partial charge in [-0.05, 0) is 48.5 Å². The van der Waals surface area contributed by atoms with E-state index in [1.807, 2.05) is 41.1 Å². The Hall–Kier alpha value is -2.41. The summed E-state index contributed by atoms with van der Waals surface area (Å²) in [6, 6.07) is 9.82. The Balaban J connectivity index is 1.42. The fourth-order valence-corrected chi connectivity index (χ4v) is 3.45. The minimum atomic E-state index is -0.242. The van der Waals surface area contributed by atoms with Gasteiger partial charge in [0, 0.05) is 18.1 Å². The topological polar surface area (TPSA) is 75.2 Å². The Bertz CT molecular complexity index is 780. The third kappa shape index (κ3) is 4.79. The number of hydrazine groups is 1. The molecule has 0 saturated heterocycles. The molecule has 1 aliphatic carbocycles. The van der Waals surface area contributed by atoms with Crippen molar-refractivity contribution in [2.45, 2.75) is 38.6 Å². The molecule has 1 saturated carbocycles. The molecule has 132 valence electrons. The van der Waals surface area contributed by atoms with E-state index in [0.717, 1.165) is 23.7 Å². The fourth-order valence-electron chi connectivity index (χ4n) is 3.28. The molecule has 0 atom stereocenters. The predicted molar refractivity (Wildman–Crippen MR) is 101 cm³/mol. The van der Waals surface area contributed by atoms with Crippen LogP contribution in [0.2, 0.25) is 0 Å². The van der Waals surface area contributed by atoms with E-state index >= 15 is 0 Å². The monoisotopic (exact) mass is 358 g/mol. The maximum absolute atomic E-state index is 12.1. The van der Waals surface area contributed by atoms with Gasteiger partial charge in [0.15, 0.2) is 5.11 Å². The first-order valence-electron chi connectivity index (χ1n) is 8.54. The van der Waals surface area contributed by atoms with Crippen LogP contribution in [-0.4, -0.2) is 21.5 Å². The zero-order valence-electron chi connectivity index (χ0n) is 14.0. The lowest BCUT2D eigenvalue weighted by Gasteiger charge is -2.13. The van der Waals surface area contributed by atoms with E-state index in [1.165, 1.54) is 12.8 Å². The first-order valence-corrected chi connectivity index (χ1v) is 8.95. The van der Waals surface area contributed by atoms with Crippen molar-refractivity contribution in [3.8, 4) is 0 Å². The van der Waals surface area contributed by atoms with Crippen molar-refractivity contribution in [3.05, 3.63) is 36.5 Å². The summed E-state index contributed by atoms with van der Waals surface area (Å²) in [6.45, 7) is 0.166. The van der Waals surface area contributed by atoms with Crippen LogP contribution in [0.5, 0.6) is 0 Å². The molecular weight excluding hydrogens is 336 g/mol. The molecular formula is C18H22N4O2S. The minimum absolute atomic E-state index is 0.102. The average Bonchev–Trinajstić information content (AvgIpc) is 3.23. The lowest BCUT2D eigenvalue weighted by molar-refractivity contribution is -0.123. The van der Waals surface area contributed by atoms with Crippen molar-refractivity contribution < 1.29 is 9.59 Å². The smallest absolute Gasteiger partial charge is 0.258 e. The van der Waals surface area contributed by atoms with Gasteiger partial charge in [-0.2, -0.15) is 0 Å². The van der Waals surface area contributed by atoms with Crippen molar-refractivity contribution in [2.75, 3.05) is 0 Å². The number of aromatic nitrogens is 1. The maximum atomic E-state index is 12.1. The van der Waals surface area contributed by atoms with Crippen LogP contribution in [0.4, 0.5) is 0 Å². The molecule has 3 rings (SSSR count). The maximum Gasteiger partial charge on any atom is 0.258 e. The summed E-state index contributed by atoms with van der Waals surface area (Å²) in [4.78, 5) is 24.0. The molecule has 1 aromatic heterocycles. The highest BCUT2D eigenvalue weighted by Gasteiger charge is 2.18. The number of hydrogen-bond acceptors (Lipinski definition) is 3. The zero-order chi connectivity index (χ0) is 17.6. The molecule has 7 heteroatoms. The van der Waals surface area contributed by atoms with Crippen molar-refractivity contribution >= 4 is 40.0 Å². The Morgan fingerprint density at radius 1 is 1.08 bits per heavy atom. The molecule has 6 nitrogen and oxygen atoms in total. The van der Waals surface area contributed by atoms with Gasteiger partial charge in [-0.1, -0.05) is 31.0 Å². The number of nitrogens with one attached hydrogen (secondary N) is 3. The van der Waals surface area contributed by atoms with Gasteiger partial charge in [-0.3, -0.25) is 20.4 Å². The number of carbonyl (C=O) groups is 2. The summed E-state index contributed by atoms with van der Waals surface area (Å²) < 4.78 is 1.86. The van der Waals surface area contributed by atoms with Gasteiger partial charge >= 0.3 is 0 Å². The second kappa shape index (κ2) is 8.11. The Kier molecular flexibility index (Phi) is 5.65. The van der Waals surface area contributed by atoms with Crippen LogP contribution in [0, 0.1) is 5.92 Å². The Labute approximate surface area is 151 Å². The number of nitrogens with zero attached hydrogens (tertiary/aromatic N) is 1.